The molecule has 1 aliphatic heterocycles. The Morgan fingerprint density at radius 3 is 2.50 bits per heavy atom. The van der Waals surface area contributed by atoms with Gasteiger partial charge in [0.1, 0.15) is 5.82 Å². The number of hydrogen-bond acceptors (Lipinski definition) is 2. The van der Waals surface area contributed by atoms with Gasteiger partial charge in [0.05, 0.1) is 12.7 Å². The number of nitrogens with zero attached hydrogens (tertiary/aromatic N) is 1. The van der Waals surface area contributed by atoms with Gasteiger partial charge in [0, 0.05) is 23.6 Å². The van der Waals surface area contributed by atoms with E-state index < -0.39 is 0 Å². The van der Waals surface area contributed by atoms with Crippen LogP contribution in [0.15, 0.2) is 53.0 Å². The number of rotatable bonds is 3. The standard InChI is InChI=1S/C18H19BrFNO/c1-13(14-4-8-17(20)9-5-14)21-10-11-22-18(12-21)15-2-6-16(19)7-3-15/h2-9,13,18H,10-12H2,1H3. The molecule has 2 atom stereocenters. The number of benzene rings is 2. The van der Waals surface area contributed by atoms with Crippen molar-refractivity contribution in [3.05, 3.63) is 69.9 Å². The van der Waals surface area contributed by atoms with E-state index in [1.165, 1.54) is 17.7 Å². The van der Waals surface area contributed by atoms with Crippen LogP contribution in [0.3, 0.4) is 0 Å². The maximum Gasteiger partial charge on any atom is 0.123 e. The highest BCUT2D eigenvalue weighted by atomic mass is 79.9. The van der Waals surface area contributed by atoms with Crippen molar-refractivity contribution in [3.8, 4) is 0 Å². The molecule has 0 N–H and O–H groups in total. The Balaban J connectivity index is 1.72. The maximum absolute atomic E-state index is 13.1. The zero-order chi connectivity index (χ0) is 15.5. The van der Waals surface area contributed by atoms with Gasteiger partial charge in [-0.1, -0.05) is 40.2 Å². The van der Waals surface area contributed by atoms with Crippen molar-refractivity contribution in [3.63, 3.8) is 0 Å². The van der Waals surface area contributed by atoms with Crippen LogP contribution in [-0.2, 0) is 4.74 Å². The molecule has 4 heteroatoms. The van der Waals surface area contributed by atoms with Crippen molar-refractivity contribution in [1.82, 2.24) is 4.90 Å². The number of morpholine rings is 1. The minimum atomic E-state index is -0.189. The Bertz CT molecular complexity index is 570. The van der Waals surface area contributed by atoms with Gasteiger partial charge in [-0.25, -0.2) is 4.39 Å². The first-order valence-corrected chi connectivity index (χ1v) is 8.29. The van der Waals surface area contributed by atoms with E-state index in [4.69, 9.17) is 4.74 Å². The third-order valence-corrected chi connectivity index (χ3v) is 4.77. The Morgan fingerprint density at radius 1 is 1.14 bits per heavy atom. The van der Waals surface area contributed by atoms with Gasteiger partial charge in [-0.2, -0.15) is 0 Å². The maximum atomic E-state index is 13.1. The quantitative estimate of drug-likeness (QED) is 0.781. The second-order valence-corrected chi connectivity index (χ2v) is 6.55. The van der Waals surface area contributed by atoms with Crippen LogP contribution < -0.4 is 0 Å². The van der Waals surface area contributed by atoms with E-state index in [1.54, 1.807) is 0 Å². The smallest absolute Gasteiger partial charge is 0.123 e. The minimum absolute atomic E-state index is 0.0877. The summed E-state index contributed by atoms with van der Waals surface area (Å²) in [5, 5.41) is 0. The molecule has 22 heavy (non-hydrogen) atoms. The molecule has 1 heterocycles. The fourth-order valence-electron chi connectivity index (χ4n) is 2.85. The van der Waals surface area contributed by atoms with Crippen LogP contribution in [0.25, 0.3) is 0 Å². The summed E-state index contributed by atoms with van der Waals surface area (Å²) in [6.45, 7) is 4.62. The van der Waals surface area contributed by atoms with Crippen molar-refractivity contribution in [2.24, 2.45) is 0 Å². The van der Waals surface area contributed by atoms with E-state index in [9.17, 15) is 4.39 Å². The van der Waals surface area contributed by atoms with E-state index in [0.29, 0.717) is 6.61 Å². The van der Waals surface area contributed by atoms with Crippen molar-refractivity contribution in [2.45, 2.75) is 19.1 Å². The van der Waals surface area contributed by atoms with Crippen LogP contribution in [0, 0.1) is 5.82 Å². The van der Waals surface area contributed by atoms with Gasteiger partial charge in [-0.3, -0.25) is 4.90 Å². The van der Waals surface area contributed by atoms with Crippen LogP contribution in [0.2, 0.25) is 0 Å². The van der Waals surface area contributed by atoms with Crippen molar-refractivity contribution < 1.29 is 9.13 Å². The van der Waals surface area contributed by atoms with Crippen LogP contribution in [-0.4, -0.2) is 24.6 Å². The fraction of sp³-hybridized carbons (Fsp3) is 0.333. The van der Waals surface area contributed by atoms with Gasteiger partial charge >= 0.3 is 0 Å². The predicted octanol–water partition coefficient (Wildman–Crippen LogP) is 4.72. The number of ether oxygens (including phenoxy) is 1. The molecule has 0 bridgehead atoms. The van der Waals surface area contributed by atoms with E-state index in [2.05, 4.69) is 39.9 Å². The Kier molecular flexibility index (Phi) is 4.91. The SMILES string of the molecule is CC(c1ccc(F)cc1)N1CCOC(c2ccc(Br)cc2)C1. The summed E-state index contributed by atoms with van der Waals surface area (Å²) >= 11 is 3.46. The topological polar surface area (TPSA) is 12.5 Å². The highest BCUT2D eigenvalue weighted by Crippen LogP contribution is 2.29. The third kappa shape index (κ3) is 3.57. The molecule has 2 aromatic carbocycles. The molecular formula is C18H19BrFNO. The molecule has 2 nitrogen and oxygen atoms in total. The zero-order valence-electron chi connectivity index (χ0n) is 12.5. The summed E-state index contributed by atoms with van der Waals surface area (Å²) in [6, 6.07) is 15.3. The minimum Gasteiger partial charge on any atom is -0.371 e. The lowest BCUT2D eigenvalue weighted by Crippen LogP contribution is -2.39. The number of halogens is 2. The monoisotopic (exact) mass is 363 g/mol. The molecule has 2 aromatic rings. The molecule has 0 saturated carbocycles. The molecule has 0 amide bonds. The Hall–Kier alpha value is -1.23. The summed E-state index contributed by atoms with van der Waals surface area (Å²) in [5.74, 6) is -0.189. The van der Waals surface area contributed by atoms with Crippen molar-refractivity contribution in [2.75, 3.05) is 19.7 Å². The lowest BCUT2D eigenvalue weighted by atomic mass is 10.0. The van der Waals surface area contributed by atoms with Gasteiger partial charge in [-0.15, -0.1) is 0 Å². The Morgan fingerprint density at radius 2 is 1.82 bits per heavy atom. The summed E-state index contributed by atoms with van der Waals surface area (Å²) in [7, 11) is 0. The highest BCUT2D eigenvalue weighted by molar-refractivity contribution is 9.10. The third-order valence-electron chi connectivity index (χ3n) is 4.24. The first kappa shape index (κ1) is 15.7. The fourth-order valence-corrected chi connectivity index (χ4v) is 3.12. The van der Waals surface area contributed by atoms with Crippen molar-refractivity contribution in [1.29, 1.82) is 0 Å². The highest BCUT2D eigenvalue weighted by Gasteiger charge is 2.25. The van der Waals surface area contributed by atoms with Crippen LogP contribution in [0.4, 0.5) is 4.39 Å². The van der Waals surface area contributed by atoms with Gasteiger partial charge < -0.3 is 4.74 Å². The molecule has 1 fully saturated rings. The van der Waals surface area contributed by atoms with E-state index in [1.807, 2.05) is 24.3 Å². The summed E-state index contributed by atoms with van der Waals surface area (Å²) in [5.41, 5.74) is 2.33. The van der Waals surface area contributed by atoms with Gasteiger partial charge in [0.15, 0.2) is 0 Å². The molecule has 1 aliphatic rings. The average molecular weight is 364 g/mol. The molecule has 0 aliphatic carbocycles. The Labute approximate surface area is 139 Å². The van der Waals surface area contributed by atoms with E-state index in [-0.39, 0.29) is 18.0 Å². The largest absolute Gasteiger partial charge is 0.371 e. The van der Waals surface area contributed by atoms with Crippen LogP contribution in [0.1, 0.15) is 30.2 Å². The molecule has 3 rings (SSSR count). The normalized spacial score (nSPS) is 20.8. The molecular weight excluding hydrogens is 345 g/mol. The molecule has 0 radical (unpaired) electrons. The summed E-state index contributed by atoms with van der Waals surface area (Å²) < 4.78 is 20.1. The van der Waals surface area contributed by atoms with E-state index in [0.717, 1.165) is 23.1 Å². The first-order chi connectivity index (χ1) is 10.6. The van der Waals surface area contributed by atoms with Gasteiger partial charge in [0.25, 0.3) is 0 Å². The second kappa shape index (κ2) is 6.90. The van der Waals surface area contributed by atoms with Gasteiger partial charge in [0.2, 0.25) is 0 Å². The van der Waals surface area contributed by atoms with E-state index >= 15 is 0 Å². The molecule has 116 valence electrons. The predicted molar refractivity (Wildman–Crippen MR) is 89.2 cm³/mol. The van der Waals surface area contributed by atoms with Crippen molar-refractivity contribution >= 4 is 15.9 Å². The molecule has 1 saturated heterocycles. The first-order valence-electron chi connectivity index (χ1n) is 7.50. The zero-order valence-corrected chi connectivity index (χ0v) is 14.1. The summed E-state index contributed by atoms with van der Waals surface area (Å²) in [6.07, 6.45) is 0.0877. The molecule has 0 spiro atoms. The summed E-state index contributed by atoms with van der Waals surface area (Å²) in [4.78, 5) is 2.39. The lowest BCUT2D eigenvalue weighted by molar-refractivity contribution is -0.0431. The average Bonchev–Trinajstić information content (AvgIpc) is 2.56. The van der Waals surface area contributed by atoms with Crippen LogP contribution in [0.5, 0.6) is 0 Å². The van der Waals surface area contributed by atoms with Gasteiger partial charge in [-0.05, 0) is 42.3 Å². The molecule has 2 unspecified atom stereocenters. The second-order valence-electron chi connectivity index (χ2n) is 5.63. The van der Waals surface area contributed by atoms with Crippen LogP contribution >= 0.6 is 15.9 Å². The number of hydrogen-bond donors (Lipinski definition) is 0. The lowest BCUT2D eigenvalue weighted by Gasteiger charge is -2.37. The molecule has 0 aromatic heterocycles.